The lowest BCUT2D eigenvalue weighted by molar-refractivity contribution is 0.0924. The van der Waals surface area contributed by atoms with Gasteiger partial charge in [-0.25, -0.2) is 8.42 Å². The molecule has 1 amide bonds. The van der Waals surface area contributed by atoms with Gasteiger partial charge in [0.25, 0.3) is 15.9 Å². The standard InChI is InChI=1S/C17H20N2O4S/c1-13(20)12-18-17(21)14-7-6-10-16(11-14)24(22,23)19(2)15-8-4-3-5-9-15/h3-11,13,20H,12H2,1-2H3,(H,18,21). The Morgan fingerprint density at radius 3 is 2.46 bits per heavy atom. The van der Waals surface area contributed by atoms with E-state index < -0.39 is 22.0 Å². The van der Waals surface area contributed by atoms with E-state index in [1.165, 1.54) is 35.6 Å². The fraction of sp³-hybridized carbons (Fsp3) is 0.235. The van der Waals surface area contributed by atoms with E-state index in [0.717, 1.165) is 0 Å². The van der Waals surface area contributed by atoms with Gasteiger partial charge in [0, 0.05) is 19.2 Å². The number of hydrogen-bond acceptors (Lipinski definition) is 4. The van der Waals surface area contributed by atoms with Crippen LogP contribution in [0.25, 0.3) is 0 Å². The predicted molar refractivity (Wildman–Crippen MR) is 92.5 cm³/mol. The molecule has 128 valence electrons. The highest BCUT2D eigenvalue weighted by molar-refractivity contribution is 7.92. The summed E-state index contributed by atoms with van der Waals surface area (Å²) < 4.78 is 26.6. The first-order chi connectivity index (χ1) is 11.3. The summed E-state index contributed by atoms with van der Waals surface area (Å²) in [4.78, 5) is 12.1. The number of aliphatic hydroxyl groups excluding tert-OH is 1. The predicted octanol–water partition coefficient (Wildman–Crippen LogP) is 1.62. The lowest BCUT2D eigenvalue weighted by Crippen LogP contribution is -2.31. The van der Waals surface area contributed by atoms with Crippen LogP contribution in [0.1, 0.15) is 17.3 Å². The number of sulfonamides is 1. The van der Waals surface area contributed by atoms with Crippen LogP contribution in [0, 0.1) is 0 Å². The molecule has 0 aliphatic rings. The lowest BCUT2D eigenvalue weighted by atomic mass is 10.2. The third-order valence-corrected chi connectivity index (χ3v) is 5.21. The van der Waals surface area contributed by atoms with Crippen LogP contribution in [-0.2, 0) is 10.0 Å². The number of nitrogens with one attached hydrogen (secondary N) is 1. The van der Waals surface area contributed by atoms with Gasteiger partial charge in [-0.1, -0.05) is 24.3 Å². The van der Waals surface area contributed by atoms with Crippen molar-refractivity contribution in [2.75, 3.05) is 17.9 Å². The van der Waals surface area contributed by atoms with E-state index in [4.69, 9.17) is 0 Å². The molecule has 6 nitrogen and oxygen atoms in total. The molecule has 0 aliphatic heterocycles. The van der Waals surface area contributed by atoms with Crippen LogP contribution in [0.5, 0.6) is 0 Å². The molecular weight excluding hydrogens is 328 g/mol. The van der Waals surface area contributed by atoms with Gasteiger partial charge in [0.05, 0.1) is 16.7 Å². The lowest BCUT2D eigenvalue weighted by Gasteiger charge is -2.19. The maximum Gasteiger partial charge on any atom is 0.264 e. The third kappa shape index (κ3) is 4.12. The minimum absolute atomic E-state index is 0.0264. The van der Waals surface area contributed by atoms with E-state index in [1.807, 2.05) is 0 Å². The molecule has 0 saturated heterocycles. The smallest absolute Gasteiger partial charge is 0.264 e. The van der Waals surface area contributed by atoms with Crippen LogP contribution in [-0.4, -0.2) is 39.1 Å². The number of rotatable bonds is 6. The summed E-state index contributed by atoms with van der Waals surface area (Å²) in [5, 5.41) is 11.8. The molecule has 0 aromatic heterocycles. The summed E-state index contributed by atoms with van der Waals surface area (Å²) in [6.45, 7) is 1.65. The monoisotopic (exact) mass is 348 g/mol. The molecule has 0 radical (unpaired) electrons. The molecule has 1 atom stereocenters. The topological polar surface area (TPSA) is 86.7 Å². The minimum Gasteiger partial charge on any atom is -0.392 e. The second-order valence-corrected chi connectivity index (χ2v) is 7.36. The van der Waals surface area contributed by atoms with Crippen molar-refractivity contribution in [1.82, 2.24) is 5.32 Å². The van der Waals surface area contributed by atoms with Gasteiger partial charge in [0.2, 0.25) is 0 Å². The number of para-hydroxylation sites is 1. The Morgan fingerprint density at radius 2 is 1.83 bits per heavy atom. The number of carbonyl (C=O) groups is 1. The van der Waals surface area contributed by atoms with Crippen LogP contribution in [0.3, 0.4) is 0 Å². The summed E-state index contributed by atoms with van der Waals surface area (Å²) in [6, 6.07) is 14.5. The average molecular weight is 348 g/mol. The Hall–Kier alpha value is -2.38. The molecule has 2 N–H and O–H groups in total. The normalized spacial score (nSPS) is 12.5. The highest BCUT2D eigenvalue weighted by Crippen LogP contribution is 2.22. The Balaban J connectivity index is 2.28. The maximum absolute atomic E-state index is 12.7. The van der Waals surface area contributed by atoms with Gasteiger partial charge < -0.3 is 10.4 Å². The second-order valence-electron chi connectivity index (χ2n) is 5.39. The van der Waals surface area contributed by atoms with Crippen LogP contribution in [0.4, 0.5) is 5.69 Å². The van der Waals surface area contributed by atoms with Crippen molar-refractivity contribution in [3.8, 4) is 0 Å². The molecule has 0 spiro atoms. The largest absolute Gasteiger partial charge is 0.392 e. The van der Waals surface area contributed by atoms with Crippen molar-refractivity contribution < 1.29 is 18.3 Å². The zero-order valence-electron chi connectivity index (χ0n) is 13.5. The average Bonchev–Trinajstić information content (AvgIpc) is 2.59. The van der Waals surface area contributed by atoms with E-state index in [9.17, 15) is 18.3 Å². The molecule has 0 fully saturated rings. The number of nitrogens with zero attached hydrogens (tertiary/aromatic N) is 1. The SMILES string of the molecule is CC(O)CNC(=O)c1cccc(S(=O)(=O)N(C)c2ccccc2)c1. The van der Waals surface area contributed by atoms with Crippen LogP contribution >= 0.6 is 0 Å². The van der Waals surface area contributed by atoms with Crippen LogP contribution in [0.15, 0.2) is 59.5 Å². The van der Waals surface area contributed by atoms with Gasteiger partial charge in [0.15, 0.2) is 0 Å². The fourth-order valence-corrected chi connectivity index (χ4v) is 3.32. The summed E-state index contributed by atoms with van der Waals surface area (Å²) in [5.74, 6) is -0.435. The quantitative estimate of drug-likeness (QED) is 0.830. The first-order valence-electron chi connectivity index (χ1n) is 7.42. The maximum atomic E-state index is 12.7. The molecule has 0 bridgehead atoms. The minimum atomic E-state index is -3.78. The number of hydrogen-bond donors (Lipinski definition) is 2. The number of anilines is 1. The van der Waals surface area contributed by atoms with Gasteiger partial charge in [-0.3, -0.25) is 9.10 Å². The zero-order valence-corrected chi connectivity index (χ0v) is 14.3. The second kappa shape index (κ2) is 7.46. The molecule has 0 heterocycles. The molecule has 2 aromatic carbocycles. The van der Waals surface area contributed by atoms with Crippen molar-refractivity contribution in [3.05, 3.63) is 60.2 Å². The fourth-order valence-electron chi connectivity index (χ4n) is 2.08. The van der Waals surface area contributed by atoms with E-state index in [-0.39, 0.29) is 17.0 Å². The summed E-state index contributed by atoms with van der Waals surface area (Å²) in [6.07, 6.45) is -0.676. The highest BCUT2D eigenvalue weighted by atomic mass is 32.2. The first-order valence-corrected chi connectivity index (χ1v) is 8.86. The highest BCUT2D eigenvalue weighted by Gasteiger charge is 2.22. The summed E-state index contributed by atoms with van der Waals surface area (Å²) in [5.41, 5.74) is 0.750. The summed E-state index contributed by atoms with van der Waals surface area (Å²) in [7, 11) is -2.31. The number of aliphatic hydroxyl groups is 1. The molecule has 2 aromatic rings. The Morgan fingerprint density at radius 1 is 1.17 bits per heavy atom. The van der Waals surface area contributed by atoms with E-state index in [2.05, 4.69) is 5.32 Å². The van der Waals surface area contributed by atoms with Crippen molar-refractivity contribution in [1.29, 1.82) is 0 Å². The first kappa shape index (κ1) is 18.0. The molecule has 2 rings (SSSR count). The van der Waals surface area contributed by atoms with Crippen molar-refractivity contribution >= 4 is 21.6 Å². The van der Waals surface area contributed by atoms with Gasteiger partial charge in [0.1, 0.15) is 0 Å². The molecular formula is C17H20N2O4S. The van der Waals surface area contributed by atoms with Gasteiger partial charge in [-0.05, 0) is 37.3 Å². The van der Waals surface area contributed by atoms with Crippen molar-refractivity contribution in [3.63, 3.8) is 0 Å². The third-order valence-electron chi connectivity index (χ3n) is 3.43. The van der Waals surface area contributed by atoms with Crippen molar-refractivity contribution in [2.45, 2.75) is 17.9 Å². The number of benzene rings is 2. The molecule has 0 saturated carbocycles. The molecule has 24 heavy (non-hydrogen) atoms. The summed E-state index contributed by atoms with van der Waals surface area (Å²) >= 11 is 0. The van der Waals surface area contributed by atoms with E-state index in [0.29, 0.717) is 5.69 Å². The Bertz CT molecular complexity index is 804. The molecule has 7 heteroatoms. The zero-order chi connectivity index (χ0) is 17.7. The number of carbonyl (C=O) groups excluding carboxylic acids is 1. The van der Waals surface area contributed by atoms with E-state index in [1.54, 1.807) is 37.3 Å². The Kier molecular flexibility index (Phi) is 5.58. The van der Waals surface area contributed by atoms with Gasteiger partial charge in [-0.15, -0.1) is 0 Å². The molecule has 0 aliphatic carbocycles. The Labute approximate surface area is 141 Å². The van der Waals surface area contributed by atoms with Gasteiger partial charge in [-0.2, -0.15) is 0 Å². The van der Waals surface area contributed by atoms with Gasteiger partial charge >= 0.3 is 0 Å². The van der Waals surface area contributed by atoms with Crippen molar-refractivity contribution in [2.24, 2.45) is 0 Å². The molecule has 1 unspecified atom stereocenters. The number of amides is 1. The van der Waals surface area contributed by atoms with Crippen LogP contribution < -0.4 is 9.62 Å². The van der Waals surface area contributed by atoms with Crippen LogP contribution in [0.2, 0.25) is 0 Å². The van der Waals surface area contributed by atoms with E-state index >= 15 is 0 Å².